The third kappa shape index (κ3) is 4.23. The van der Waals surface area contributed by atoms with Crippen LogP contribution >= 0.6 is 0 Å². The highest BCUT2D eigenvalue weighted by molar-refractivity contribution is 5.95. The van der Waals surface area contributed by atoms with Gasteiger partial charge in [-0.3, -0.25) is 4.79 Å². The van der Waals surface area contributed by atoms with E-state index < -0.39 is 17.9 Å². The molecule has 2 heterocycles. The summed E-state index contributed by atoms with van der Waals surface area (Å²) in [5.41, 5.74) is 1.92. The van der Waals surface area contributed by atoms with Gasteiger partial charge in [0.25, 0.3) is 5.91 Å². The molecule has 0 saturated carbocycles. The Morgan fingerprint density at radius 3 is 2.55 bits per heavy atom. The molecule has 0 atom stereocenters. The molecule has 5 nitrogen and oxygen atoms in total. The average molecular weight is 409 g/mol. The van der Waals surface area contributed by atoms with Crippen molar-refractivity contribution in [3.63, 3.8) is 0 Å². The zero-order chi connectivity index (χ0) is 20.6. The molecule has 2 N–H and O–H groups in total. The van der Waals surface area contributed by atoms with E-state index in [4.69, 9.17) is 4.74 Å². The van der Waals surface area contributed by atoms with E-state index in [-0.39, 0.29) is 44.1 Å². The van der Waals surface area contributed by atoms with Gasteiger partial charge in [0, 0.05) is 30.5 Å². The topological polar surface area (TPSA) is 53.6 Å². The molecule has 154 valence electrons. The second kappa shape index (κ2) is 7.46. The smallest absolute Gasteiger partial charge is 0.391 e. The number of piperidine rings is 1. The first kappa shape index (κ1) is 19.4. The van der Waals surface area contributed by atoms with Crippen molar-refractivity contribution in [3.05, 3.63) is 42.2 Å². The molecule has 2 aliphatic heterocycles. The van der Waals surface area contributed by atoms with E-state index in [2.05, 4.69) is 10.6 Å². The van der Waals surface area contributed by atoms with Gasteiger partial charge in [0.2, 0.25) is 0 Å². The van der Waals surface area contributed by atoms with E-state index in [0.29, 0.717) is 22.8 Å². The highest BCUT2D eigenvalue weighted by atomic mass is 19.4. The van der Waals surface area contributed by atoms with Gasteiger partial charge in [0.05, 0.1) is 17.3 Å². The standard InChI is InChI=1S/C20H19F4N3O2/c21-15-10-14(27-7-5-12(6-8-27)20(22,23)24)2-4-16(15)25-13-1-3-17-18(9-13)29-11-19(28)26-17/h1-4,9-10,12,25H,5-8,11H2,(H,26,28). The molecular weight excluding hydrogens is 390 g/mol. The largest absolute Gasteiger partial charge is 0.482 e. The molecule has 0 aliphatic carbocycles. The third-order valence-electron chi connectivity index (χ3n) is 5.17. The van der Waals surface area contributed by atoms with Crippen LogP contribution in [0, 0.1) is 11.7 Å². The lowest BCUT2D eigenvalue weighted by Gasteiger charge is -2.34. The summed E-state index contributed by atoms with van der Waals surface area (Å²) in [7, 11) is 0. The van der Waals surface area contributed by atoms with Gasteiger partial charge < -0.3 is 20.3 Å². The maximum atomic E-state index is 14.6. The van der Waals surface area contributed by atoms with Crippen molar-refractivity contribution < 1.29 is 27.1 Å². The van der Waals surface area contributed by atoms with Gasteiger partial charge in [-0.1, -0.05) is 0 Å². The Labute approximate surface area is 164 Å². The van der Waals surface area contributed by atoms with Crippen molar-refractivity contribution in [2.75, 3.05) is 35.2 Å². The van der Waals surface area contributed by atoms with Crippen LogP contribution in [0.2, 0.25) is 0 Å². The highest BCUT2D eigenvalue weighted by Crippen LogP contribution is 2.36. The van der Waals surface area contributed by atoms with E-state index in [1.807, 2.05) is 0 Å². The first-order valence-electron chi connectivity index (χ1n) is 9.24. The summed E-state index contributed by atoms with van der Waals surface area (Å²) < 4.78 is 58.3. The first-order chi connectivity index (χ1) is 13.8. The Bertz CT molecular complexity index is 924. The SMILES string of the molecule is O=C1COc2cc(Nc3ccc(N4CCC(C(F)(F)F)CC4)cc3F)ccc2N1. The molecule has 2 aromatic rings. The molecule has 9 heteroatoms. The van der Waals surface area contributed by atoms with Crippen LogP contribution in [0.1, 0.15) is 12.8 Å². The van der Waals surface area contributed by atoms with Crippen LogP contribution in [-0.2, 0) is 4.79 Å². The van der Waals surface area contributed by atoms with E-state index in [0.717, 1.165) is 0 Å². The van der Waals surface area contributed by atoms with Gasteiger partial charge in [0.1, 0.15) is 11.6 Å². The number of benzene rings is 2. The lowest BCUT2D eigenvalue weighted by atomic mass is 9.96. The van der Waals surface area contributed by atoms with Crippen LogP contribution in [0.4, 0.5) is 40.3 Å². The number of hydrogen-bond acceptors (Lipinski definition) is 4. The number of nitrogens with one attached hydrogen (secondary N) is 2. The Balaban J connectivity index is 1.44. The van der Waals surface area contributed by atoms with Crippen molar-refractivity contribution in [1.29, 1.82) is 0 Å². The van der Waals surface area contributed by atoms with E-state index >= 15 is 0 Å². The van der Waals surface area contributed by atoms with Crippen molar-refractivity contribution in [2.45, 2.75) is 19.0 Å². The summed E-state index contributed by atoms with van der Waals surface area (Å²) in [6.07, 6.45) is -4.15. The monoisotopic (exact) mass is 409 g/mol. The van der Waals surface area contributed by atoms with Crippen molar-refractivity contribution in [2.24, 2.45) is 5.92 Å². The molecule has 29 heavy (non-hydrogen) atoms. The first-order valence-corrected chi connectivity index (χ1v) is 9.24. The molecule has 0 radical (unpaired) electrons. The maximum absolute atomic E-state index is 14.6. The Hall–Kier alpha value is -2.97. The summed E-state index contributed by atoms with van der Waals surface area (Å²) in [4.78, 5) is 13.1. The number of carbonyl (C=O) groups is 1. The molecule has 0 bridgehead atoms. The summed E-state index contributed by atoms with van der Waals surface area (Å²) >= 11 is 0. The number of hydrogen-bond donors (Lipinski definition) is 2. The molecule has 2 aliphatic rings. The Morgan fingerprint density at radius 1 is 1.10 bits per heavy atom. The Kier molecular flexibility index (Phi) is 4.97. The minimum atomic E-state index is -4.17. The second-order valence-electron chi connectivity index (χ2n) is 7.14. The predicted molar refractivity (Wildman–Crippen MR) is 101 cm³/mol. The van der Waals surface area contributed by atoms with Gasteiger partial charge in [0.15, 0.2) is 6.61 Å². The number of rotatable bonds is 3. The maximum Gasteiger partial charge on any atom is 0.391 e. The van der Waals surface area contributed by atoms with Crippen LogP contribution in [0.5, 0.6) is 5.75 Å². The third-order valence-corrected chi connectivity index (χ3v) is 5.17. The van der Waals surface area contributed by atoms with Crippen molar-refractivity contribution in [3.8, 4) is 5.75 Å². The molecule has 4 rings (SSSR count). The lowest BCUT2D eigenvalue weighted by molar-refractivity contribution is -0.179. The normalized spacial score (nSPS) is 17.4. The van der Waals surface area contributed by atoms with Gasteiger partial charge in [-0.25, -0.2) is 4.39 Å². The number of fused-ring (bicyclic) bond motifs is 1. The second-order valence-corrected chi connectivity index (χ2v) is 7.14. The summed E-state index contributed by atoms with van der Waals surface area (Å²) in [5.74, 6) is -1.55. The average Bonchev–Trinajstić information content (AvgIpc) is 2.69. The molecule has 1 saturated heterocycles. The van der Waals surface area contributed by atoms with E-state index in [1.54, 1.807) is 35.2 Å². The molecular formula is C20H19F4N3O2. The molecule has 0 spiro atoms. The van der Waals surface area contributed by atoms with Crippen LogP contribution in [0.25, 0.3) is 0 Å². The van der Waals surface area contributed by atoms with Gasteiger partial charge in [-0.2, -0.15) is 13.2 Å². The van der Waals surface area contributed by atoms with E-state index in [1.165, 1.54) is 6.07 Å². The van der Waals surface area contributed by atoms with Crippen LogP contribution in [0.3, 0.4) is 0 Å². The van der Waals surface area contributed by atoms with Crippen LogP contribution in [-0.4, -0.2) is 31.8 Å². The number of nitrogens with zero attached hydrogens (tertiary/aromatic N) is 1. The van der Waals surface area contributed by atoms with Gasteiger partial charge in [-0.15, -0.1) is 0 Å². The fraction of sp³-hybridized carbons (Fsp3) is 0.350. The van der Waals surface area contributed by atoms with Gasteiger partial charge in [-0.05, 0) is 43.2 Å². The van der Waals surface area contributed by atoms with Crippen molar-refractivity contribution in [1.82, 2.24) is 0 Å². The number of alkyl halides is 3. The number of ether oxygens (including phenoxy) is 1. The minimum Gasteiger partial charge on any atom is -0.482 e. The van der Waals surface area contributed by atoms with Crippen LogP contribution in [0.15, 0.2) is 36.4 Å². The summed E-state index contributed by atoms with van der Waals surface area (Å²) in [6, 6.07) is 9.57. The summed E-state index contributed by atoms with van der Waals surface area (Å²) in [6.45, 7) is 0.402. The fourth-order valence-electron chi connectivity index (χ4n) is 3.57. The Morgan fingerprint density at radius 2 is 1.86 bits per heavy atom. The zero-order valence-electron chi connectivity index (χ0n) is 15.4. The number of anilines is 4. The molecule has 1 amide bonds. The minimum absolute atomic E-state index is 0.0107. The van der Waals surface area contributed by atoms with Crippen molar-refractivity contribution >= 4 is 28.7 Å². The van der Waals surface area contributed by atoms with E-state index in [9.17, 15) is 22.4 Å². The van der Waals surface area contributed by atoms with Crippen LogP contribution < -0.4 is 20.3 Å². The number of carbonyl (C=O) groups excluding carboxylic acids is 1. The number of halogens is 4. The highest BCUT2D eigenvalue weighted by Gasteiger charge is 2.41. The van der Waals surface area contributed by atoms with Gasteiger partial charge >= 0.3 is 6.18 Å². The fourth-order valence-corrected chi connectivity index (χ4v) is 3.57. The number of amides is 1. The molecule has 2 aromatic carbocycles. The summed E-state index contributed by atoms with van der Waals surface area (Å²) in [5, 5.41) is 5.63. The molecule has 1 fully saturated rings. The molecule has 0 unspecified atom stereocenters. The molecule has 0 aromatic heterocycles. The zero-order valence-corrected chi connectivity index (χ0v) is 15.4. The quantitative estimate of drug-likeness (QED) is 0.723. The lowest BCUT2D eigenvalue weighted by Crippen LogP contribution is -2.39. The predicted octanol–water partition coefficient (Wildman–Crippen LogP) is 4.68.